The summed E-state index contributed by atoms with van der Waals surface area (Å²) >= 11 is 0. The van der Waals surface area contributed by atoms with Gasteiger partial charge in [0.05, 0.1) is 13.2 Å². The van der Waals surface area contributed by atoms with Gasteiger partial charge in [-0.3, -0.25) is 9.63 Å². The molecule has 0 saturated carbocycles. The molecule has 6 nitrogen and oxygen atoms in total. The van der Waals surface area contributed by atoms with Gasteiger partial charge >= 0.3 is 5.97 Å². The van der Waals surface area contributed by atoms with E-state index in [0.717, 1.165) is 11.6 Å². The number of hydrogen-bond donors (Lipinski definition) is 1. The molecule has 1 aliphatic rings. The Bertz CT molecular complexity index is 978. The van der Waals surface area contributed by atoms with Crippen LogP contribution in [0.15, 0.2) is 72.5 Å². The van der Waals surface area contributed by atoms with Crippen molar-refractivity contribution in [2.45, 2.75) is 13.8 Å². The predicted octanol–water partition coefficient (Wildman–Crippen LogP) is 3.90. The van der Waals surface area contributed by atoms with Crippen LogP contribution in [0.25, 0.3) is 11.4 Å². The maximum atomic E-state index is 14.0. The van der Waals surface area contributed by atoms with Crippen LogP contribution in [0.1, 0.15) is 25.0 Å². The lowest BCUT2D eigenvalue weighted by atomic mass is 10.1. The topological polar surface area (TPSA) is 74.3 Å². The number of allylic oxidation sites excluding steroid dienone is 1. The summed E-state index contributed by atoms with van der Waals surface area (Å²) < 4.78 is 17.1. The summed E-state index contributed by atoms with van der Waals surface area (Å²) in [5.74, 6) is -0.706. The predicted molar refractivity (Wildman–Crippen MR) is 104 cm³/mol. The second-order valence-corrected chi connectivity index (χ2v) is 6.44. The van der Waals surface area contributed by atoms with E-state index < -0.39 is 16.4 Å². The summed E-state index contributed by atoms with van der Waals surface area (Å²) in [5.41, 5.74) is 2.82. The van der Waals surface area contributed by atoms with E-state index in [1.54, 1.807) is 32.3 Å². The second-order valence-electron chi connectivity index (χ2n) is 6.44. The summed E-state index contributed by atoms with van der Waals surface area (Å²) in [4.78, 5) is 15.8. The van der Waals surface area contributed by atoms with Crippen LogP contribution in [0.3, 0.4) is 0 Å². The molecule has 1 N–H and O–H groups in total. The van der Waals surface area contributed by atoms with E-state index in [1.807, 2.05) is 6.07 Å². The van der Waals surface area contributed by atoms with Crippen LogP contribution < -0.4 is 5.32 Å². The molecule has 144 valence electrons. The molecular formula is C21H20FN3O3. The molecule has 7 heteroatoms. The molecule has 28 heavy (non-hydrogen) atoms. The van der Waals surface area contributed by atoms with Crippen molar-refractivity contribution in [1.29, 1.82) is 0 Å². The van der Waals surface area contributed by atoms with Gasteiger partial charge in [-0.25, -0.2) is 9.18 Å². The Morgan fingerprint density at radius 1 is 1.21 bits per heavy atom. The van der Waals surface area contributed by atoms with Crippen molar-refractivity contribution in [3.63, 3.8) is 0 Å². The maximum absolute atomic E-state index is 14.0. The number of nitrogens with zero attached hydrogens (tertiary/aromatic N) is 2. The van der Waals surface area contributed by atoms with Crippen LogP contribution in [-0.4, -0.2) is 22.7 Å². The van der Waals surface area contributed by atoms with Crippen molar-refractivity contribution < 1.29 is 18.6 Å². The average molecular weight is 381 g/mol. The molecule has 0 spiro atoms. The van der Waals surface area contributed by atoms with Gasteiger partial charge in [0, 0.05) is 29.1 Å². The number of esters is 1. The molecule has 0 bridgehead atoms. The van der Waals surface area contributed by atoms with Gasteiger partial charge in [0.25, 0.3) is 0 Å². The van der Waals surface area contributed by atoms with Gasteiger partial charge in [0.15, 0.2) is 5.70 Å². The number of methoxy groups -OCH3 is 1. The standard InChI is InChI=1S/C21H20FN3O3/c1-14(2)21-24-19(16-5-4-11-23-13-16)20(15-6-8-17(22)9-7-15)25(21,27)12-10-18(26)28-3/h4-13,24H,1-3H3. The van der Waals surface area contributed by atoms with Crippen LogP contribution in [-0.2, 0) is 9.53 Å². The molecule has 1 atom stereocenters. The number of hydroxylamine groups is 3. The fourth-order valence-corrected chi connectivity index (χ4v) is 3.04. The van der Waals surface area contributed by atoms with Gasteiger partial charge in [0.1, 0.15) is 17.7 Å². The molecule has 1 aromatic carbocycles. The lowest BCUT2D eigenvalue weighted by Crippen LogP contribution is -2.34. The molecule has 1 aliphatic heterocycles. The monoisotopic (exact) mass is 381 g/mol. The maximum Gasteiger partial charge on any atom is 0.335 e. The highest BCUT2D eigenvalue weighted by atomic mass is 19.1. The molecule has 0 amide bonds. The number of hydrogen-bond acceptors (Lipinski definition) is 5. The number of benzene rings is 1. The van der Waals surface area contributed by atoms with Crippen molar-refractivity contribution in [2.24, 2.45) is 0 Å². The Kier molecular flexibility index (Phi) is 5.39. The minimum atomic E-state index is -1.05. The average Bonchev–Trinajstić information content (AvgIpc) is 3.01. The van der Waals surface area contributed by atoms with Crippen molar-refractivity contribution in [3.05, 3.63) is 94.6 Å². The summed E-state index contributed by atoms with van der Waals surface area (Å²) in [6.07, 6.45) is 5.57. The highest BCUT2D eigenvalue weighted by Crippen LogP contribution is 2.43. The van der Waals surface area contributed by atoms with E-state index in [4.69, 9.17) is 0 Å². The lowest BCUT2D eigenvalue weighted by molar-refractivity contribution is -0.707. The van der Waals surface area contributed by atoms with Gasteiger partial charge in [-0.15, -0.1) is 0 Å². The highest BCUT2D eigenvalue weighted by Gasteiger charge is 2.40. The van der Waals surface area contributed by atoms with Crippen LogP contribution in [0.2, 0.25) is 0 Å². The van der Waals surface area contributed by atoms with E-state index in [1.165, 1.54) is 37.6 Å². The molecule has 0 radical (unpaired) electrons. The fraction of sp³-hybridized carbons (Fsp3) is 0.143. The van der Waals surface area contributed by atoms with Crippen LogP contribution in [0, 0.1) is 11.0 Å². The molecule has 1 aromatic heterocycles. The first-order chi connectivity index (χ1) is 13.4. The Labute approximate surface area is 162 Å². The van der Waals surface area contributed by atoms with Crippen molar-refractivity contribution in [1.82, 2.24) is 10.3 Å². The van der Waals surface area contributed by atoms with Gasteiger partial charge < -0.3 is 15.3 Å². The minimum Gasteiger partial charge on any atom is -0.616 e. The van der Waals surface area contributed by atoms with Gasteiger partial charge in [-0.1, -0.05) is 0 Å². The van der Waals surface area contributed by atoms with Crippen molar-refractivity contribution >= 4 is 17.4 Å². The normalized spacial score (nSPS) is 19.1. The van der Waals surface area contributed by atoms with Crippen molar-refractivity contribution in [2.75, 3.05) is 7.11 Å². The third kappa shape index (κ3) is 3.58. The summed E-state index contributed by atoms with van der Waals surface area (Å²) in [7, 11) is 1.24. The molecule has 1 unspecified atom stereocenters. The Balaban J connectivity index is 2.29. The van der Waals surface area contributed by atoms with E-state index in [9.17, 15) is 14.4 Å². The van der Waals surface area contributed by atoms with Gasteiger partial charge in [-0.05, 0) is 50.2 Å². The van der Waals surface area contributed by atoms with E-state index in [-0.39, 0.29) is 0 Å². The SMILES string of the molecule is COC(=O)C=C[N+]1([O-])C(=C(C)C)NC(c2cccnc2)=C1c1ccc(F)cc1. The van der Waals surface area contributed by atoms with Crippen LogP contribution in [0.5, 0.6) is 0 Å². The first kappa shape index (κ1) is 19.5. The quantitative estimate of drug-likeness (QED) is 0.376. The summed E-state index contributed by atoms with van der Waals surface area (Å²) in [6, 6.07) is 9.23. The Hall–Kier alpha value is -3.29. The van der Waals surface area contributed by atoms with Crippen molar-refractivity contribution in [3.8, 4) is 0 Å². The first-order valence-corrected chi connectivity index (χ1v) is 8.60. The number of ether oxygens (including phenoxy) is 1. The third-order valence-electron chi connectivity index (χ3n) is 4.31. The Morgan fingerprint density at radius 2 is 1.93 bits per heavy atom. The molecule has 0 aliphatic carbocycles. The second kappa shape index (κ2) is 7.75. The molecule has 0 saturated heterocycles. The largest absolute Gasteiger partial charge is 0.616 e. The number of halogens is 1. The zero-order chi connectivity index (χ0) is 20.3. The summed E-state index contributed by atoms with van der Waals surface area (Å²) in [5, 5.41) is 17.2. The highest BCUT2D eigenvalue weighted by molar-refractivity contribution is 5.90. The molecule has 2 aromatic rings. The lowest BCUT2D eigenvalue weighted by Gasteiger charge is -2.36. The number of rotatable bonds is 4. The number of nitrogens with one attached hydrogen (secondary N) is 1. The number of aromatic nitrogens is 1. The minimum absolute atomic E-state index is 0.323. The molecule has 2 heterocycles. The first-order valence-electron chi connectivity index (χ1n) is 8.60. The zero-order valence-electron chi connectivity index (χ0n) is 15.8. The number of pyridine rings is 1. The zero-order valence-corrected chi connectivity index (χ0v) is 15.8. The van der Waals surface area contributed by atoms with Crippen LogP contribution in [0.4, 0.5) is 4.39 Å². The number of carbonyl (C=O) groups is 1. The van der Waals surface area contributed by atoms with E-state index in [2.05, 4.69) is 15.0 Å². The molecular weight excluding hydrogens is 361 g/mol. The fourth-order valence-electron chi connectivity index (χ4n) is 3.04. The van der Waals surface area contributed by atoms with Crippen LogP contribution >= 0.6 is 0 Å². The number of carbonyl (C=O) groups excluding carboxylic acids is 1. The Morgan fingerprint density at radius 3 is 2.50 bits per heavy atom. The molecule has 0 fully saturated rings. The number of quaternary nitrogens is 1. The third-order valence-corrected chi connectivity index (χ3v) is 4.31. The smallest absolute Gasteiger partial charge is 0.335 e. The molecule has 3 rings (SSSR count). The van der Waals surface area contributed by atoms with E-state index in [0.29, 0.717) is 28.3 Å². The van der Waals surface area contributed by atoms with Gasteiger partial charge in [-0.2, -0.15) is 0 Å². The van der Waals surface area contributed by atoms with E-state index >= 15 is 0 Å². The summed E-state index contributed by atoms with van der Waals surface area (Å²) in [6.45, 7) is 3.60. The van der Waals surface area contributed by atoms with Gasteiger partial charge in [0.2, 0.25) is 5.82 Å².